The Bertz CT molecular complexity index is 501. The number of nitrogens with zero attached hydrogens (tertiary/aromatic N) is 2. The summed E-state index contributed by atoms with van der Waals surface area (Å²) in [6.45, 7) is 10.6. The topological polar surface area (TPSA) is 46.6 Å². The lowest BCUT2D eigenvalue weighted by atomic mass is 10.1. The van der Waals surface area contributed by atoms with Gasteiger partial charge in [-0.3, -0.25) is 14.4 Å². The smallest absolute Gasteiger partial charge is 0.285 e. The summed E-state index contributed by atoms with van der Waals surface area (Å²) in [5.74, 6) is -0.726. The lowest BCUT2D eigenvalue weighted by molar-refractivity contribution is -0.923. The van der Waals surface area contributed by atoms with Crippen LogP contribution in [0, 0.1) is 0 Å². The van der Waals surface area contributed by atoms with Crippen LogP contribution in [-0.2, 0) is 4.84 Å². The highest BCUT2D eigenvalue weighted by Gasteiger charge is 2.36. The number of likely N-dealkylation sites (N-methyl/N-ethyl adjacent to an activating group) is 1. The molecule has 1 heterocycles. The van der Waals surface area contributed by atoms with Gasteiger partial charge < -0.3 is 4.48 Å². The number of rotatable bonds is 7. The van der Waals surface area contributed by atoms with Crippen LogP contribution < -0.4 is 0 Å². The van der Waals surface area contributed by atoms with Crippen molar-refractivity contribution >= 4 is 28.8 Å². The molecule has 5 nitrogen and oxygen atoms in total. The van der Waals surface area contributed by atoms with E-state index in [4.69, 9.17) is 4.84 Å². The Morgan fingerprint density at radius 3 is 1.82 bits per heavy atom. The molecule has 2 rings (SSSR count). The highest BCUT2D eigenvalue weighted by Crippen LogP contribution is 2.22. The van der Waals surface area contributed by atoms with Crippen molar-refractivity contribution in [3.8, 4) is 0 Å². The van der Waals surface area contributed by atoms with E-state index in [1.54, 1.807) is 24.3 Å². The summed E-state index contributed by atoms with van der Waals surface area (Å²) in [7, 11) is 0. The van der Waals surface area contributed by atoms with Crippen LogP contribution in [0.1, 0.15) is 41.5 Å². The number of imide groups is 1. The van der Waals surface area contributed by atoms with Crippen LogP contribution >= 0.6 is 17.0 Å². The molecule has 1 aromatic rings. The van der Waals surface area contributed by atoms with E-state index in [9.17, 15) is 9.59 Å². The van der Waals surface area contributed by atoms with Crippen molar-refractivity contribution in [3.63, 3.8) is 0 Å². The predicted octanol–water partition coefficient (Wildman–Crippen LogP) is 2.67. The first kappa shape index (κ1) is 18.8. The van der Waals surface area contributed by atoms with Crippen LogP contribution in [0.25, 0.3) is 0 Å². The summed E-state index contributed by atoms with van der Waals surface area (Å²) >= 11 is 0. The van der Waals surface area contributed by atoms with Gasteiger partial charge >= 0.3 is 0 Å². The van der Waals surface area contributed by atoms with Crippen LogP contribution in [0.4, 0.5) is 0 Å². The molecule has 1 aliphatic heterocycles. The number of halogens is 1. The summed E-state index contributed by atoms with van der Waals surface area (Å²) in [6, 6.07) is 6.81. The molecule has 6 heteroatoms. The van der Waals surface area contributed by atoms with Gasteiger partial charge in [0.25, 0.3) is 11.8 Å². The molecule has 0 aliphatic carbocycles. The molecule has 0 bridgehead atoms. The summed E-state index contributed by atoms with van der Waals surface area (Å²) < 4.78 is 0.920. The maximum absolute atomic E-state index is 12.1. The molecule has 0 saturated carbocycles. The van der Waals surface area contributed by atoms with Gasteiger partial charge in [0.2, 0.25) is 0 Å². The van der Waals surface area contributed by atoms with Gasteiger partial charge in [0, 0.05) is 0 Å². The van der Waals surface area contributed by atoms with Crippen molar-refractivity contribution in [2.24, 2.45) is 0 Å². The lowest BCUT2D eigenvalue weighted by Gasteiger charge is -2.35. The molecule has 1 aromatic carbocycles. The molecule has 0 unspecified atom stereocenters. The normalized spacial score (nSPS) is 14.0. The van der Waals surface area contributed by atoms with E-state index in [0.717, 1.165) is 35.7 Å². The van der Waals surface area contributed by atoms with Gasteiger partial charge in [-0.1, -0.05) is 12.1 Å². The molecule has 0 radical (unpaired) electrons. The Kier molecular flexibility index (Phi) is 6.71. The third kappa shape index (κ3) is 3.39. The highest BCUT2D eigenvalue weighted by molar-refractivity contribution is 8.93. The fourth-order valence-corrected chi connectivity index (χ4v) is 2.76. The number of benzene rings is 1. The average molecular weight is 372 g/mol. The minimum Gasteiger partial charge on any atom is -0.322 e. The number of carbonyl (C=O) groups excluding carboxylic acids is 2. The molecule has 1 aliphatic rings. The largest absolute Gasteiger partial charge is 0.322 e. The quantitative estimate of drug-likeness (QED) is 0.546. The molecule has 0 saturated heterocycles. The maximum atomic E-state index is 12.1. The fraction of sp³-hybridized carbons (Fsp3) is 0.500. The fourth-order valence-electron chi connectivity index (χ4n) is 2.76. The van der Waals surface area contributed by atoms with Crippen molar-refractivity contribution in [2.75, 3.05) is 32.8 Å². The number of carbonyl (C=O) groups is 2. The number of amides is 2. The van der Waals surface area contributed by atoms with E-state index in [0.29, 0.717) is 17.7 Å². The van der Waals surface area contributed by atoms with E-state index < -0.39 is 0 Å². The predicted molar refractivity (Wildman–Crippen MR) is 90.0 cm³/mol. The molecular formula is C16H24BrN2O3+. The van der Waals surface area contributed by atoms with E-state index in [-0.39, 0.29) is 28.8 Å². The van der Waals surface area contributed by atoms with Gasteiger partial charge in [-0.25, -0.2) is 0 Å². The van der Waals surface area contributed by atoms with E-state index in [2.05, 4.69) is 20.8 Å². The summed E-state index contributed by atoms with van der Waals surface area (Å²) in [5, 5.41) is 0.903. The van der Waals surface area contributed by atoms with Crippen molar-refractivity contribution in [2.45, 2.75) is 20.8 Å². The summed E-state index contributed by atoms with van der Waals surface area (Å²) in [6.07, 6.45) is 0. The molecule has 0 fully saturated rings. The van der Waals surface area contributed by atoms with Crippen LogP contribution in [0.5, 0.6) is 0 Å². The Morgan fingerprint density at radius 1 is 0.955 bits per heavy atom. The van der Waals surface area contributed by atoms with Gasteiger partial charge in [-0.15, -0.1) is 22.0 Å². The van der Waals surface area contributed by atoms with Crippen molar-refractivity contribution < 1.29 is 18.9 Å². The average Bonchev–Trinajstić information content (AvgIpc) is 2.77. The zero-order valence-corrected chi connectivity index (χ0v) is 15.1. The maximum Gasteiger partial charge on any atom is 0.285 e. The van der Waals surface area contributed by atoms with Crippen LogP contribution in [-0.4, -0.2) is 54.1 Å². The molecule has 2 amide bonds. The van der Waals surface area contributed by atoms with E-state index in [1.165, 1.54) is 0 Å². The first-order chi connectivity index (χ1) is 10.1. The van der Waals surface area contributed by atoms with Crippen molar-refractivity contribution in [3.05, 3.63) is 35.4 Å². The summed E-state index contributed by atoms with van der Waals surface area (Å²) in [4.78, 5) is 29.8. The number of hydroxylamine groups is 2. The standard InChI is InChI=1S/C16H23N2O3.BrH/c1-4-18(5-2,6-3)11-12-21-17-15(19)13-9-7-8-10-14(13)16(17)20;/h7-10H,4-6,11-12H2,1-3H3;1H/q+1;. The molecular weight excluding hydrogens is 348 g/mol. The zero-order chi connectivity index (χ0) is 15.5. The second-order valence-corrected chi connectivity index (χ2v) is 5.30. The molecule has 0 N–H and O–H groups in total. The Labute approximate surface area is 142 Å². The van der Waals surface area contributed by atoms with E-state index in [1.807, 2.05) is 0 Å². The van der Waals surface area contributed by atoms with Crippen LogP contribution in [0.15, 0.2) is 24.3 Å². The molecule has 0 spiro atoms. The zero-order valence-electron chi connectivity index (χ0n) is 13.4. The van der Waals surface area contributed by atoms with Gasteiger partial charge in [-0.2, -0.15) is 0 Å². The Morgan fingerprint density at radius 2 is 1.41 bits per heavy atom. The third-order valence-corrected chi connectivity index (χ3v) is 4.56. The minimum atomic E-state index is -0.363. The first-order valence-corrected chi connectivity index (χ1v) is 7.54. The van der Waals surface area contributed by atoms with E-state index >= 15 is 0 Å². The van der Waals surface area contributed by atoms with Gasteiger partial charge in [0.1, 0.15) is 13.2 Å². The minimum absolute atomic E-state index is 0. The number of hydrogen-bond acceptors (Lipinski definition) is 3. The van der Waals surface area contributed by atoms with Crippen molar-refractivity contribution in [1.29, 1.82) is 0 Å². The molecule has 0 aromatic heterocycles. The first-order valence-electron chi connectivity index (χ1n) is 7.54. The lowest BCUT2D eigenvalue weighted by Crippen LogP contribution is -2.50. The second kappa shape index (κ2) is 7.85. The Balaban J connectivity index is 0.00000242. The van der Waals surface area contributed by atoms with Crippen LogP contribution in [0.2, 0.25) is 0 Å². The third-order valence-electron chi connectivity index (χ3n) is 4.56. The highest BCUT2D eigenvalue weighted by atomic mass is 79.9. The van der Waals surface area contributed by atoms with Crippen LogP contribution in [0.3, 0.4) is 0 Å². The molecule has 0 atom stereocenters. The van der Waals surface area contributed by atoms with Crippen molar-refractivity contribution in [1.82, 2.24) is 5.06 Å². The number of fused-ring (bicyclic) bond motifs is 1. The number of quaternary nitrogens is 1. The summed E-state index contributed by atoms with van der Waals surface area (Å²) in [5.41, 5.74) is 0.842. The second-order valence-electron chi connectivity index (χ2n) is 5.30. The monoisotopic (exact) mass is 371 g/mol. The van der Waals surface area contributed by atoms with Gasteiger partial charge in [0.05, 0.1) is 30.8 Å². The Hall–Kier alpha value is -1.24. The number of hydrogen-bond donors (Lipinski definition) is 0. The molecule has 22 heavy (non-hydrogen) atoms. The molecule has 122 valence electrons. The SMILES string of the molecule is Br.CC[N+](CC)(CC)CCON1C(=O)c2ccccc2C1=O. The van der Waals surface area contributed by atoms with Gasteiger partial charge in [0.15, 0.2) is 0 Å². The van der Waals surface area contributed by atoms with Gasteiger partial charge in [-0.05, 0) is 32.9 Å².